The number of ether oxygens (including phenoxy) is 1. The van der Waals surface area contributed by atoms with E-state index in [1.807, 2.05) is 55.6 Å². The maximum atomic E-state index is 7.17. The van der Waals surface area contributed by atoms with Gasteiger partial charge in [-0.1, -0.05) is 54.1 Å². The summed E-state index contributed by atoms with van der Waals surface area (Å²) in [5.74, 6) is 0.957. The molecule has 1 fully saturated rings. The average molecular weight is 469 g/mol. The number of morpholine rings is 1. The fraction of sp³-hybridized carbons (Fsp3) is 0.250. The Bertz CT molecular complexity index is 1400. The van der Waals surface area contributed by atoms with Crippen molar-refractivity contribution in [1.29, 1.82) is 0 Å². The van der Waals surface area contributed by atoms with Crippen molar-refractivity contribution >= 4 is 34.0 Å². The molecule has 1 aliphatic heterocycles. The molecule has 0 saturated carbocycles. The number of nitrogens with zero attached hydrogens (tertiary/aromatic N) is 4. The van der Waals surface area contributed by atoms with Crippen molar-refractivity contribution < 1.29 is 4.74 Å². The van der Waals surface area contributed by atoms with Crippen LogP contribution in [0, 0.1) is 13.5 Å². The fourth-order valence-electron chi connectivity index (χ4n) is 4.70. The third-order valence-electron chi connectivity index (χ3n) is 6.24. The van der Waals surface area contributed by atoms with Crippen molar-refractivity contribution in [2.75, 3.05) is 18.0 Å². The first-order valence-corrected chi connectivity index (χ1v) is 11.8. The second-order valence-corrected chi connectivity index (χ2v) is 9.19. The molecule has 0 bridgehead atoms. The van der Waals surface area contributed by atoms with Gasteiger partial charge >= 0.3 is 0 Å². The molecule has 0 radical (unpaired) electrons. The number of hydrogen-bond donors (Lipinski definition) is 0. The zero-order valence-electron chi connectivity index (χ0n) is 19.4. The Morgan fingerprint density at radius 1 is 0.971 bits per heavy atom. The first-order valence-electron chi connectivity index (χ1n) is 11.4. The van der Waals surface area contributed by atoms with Gasteiger partial charge in [0.15, 0.2) is 5.69 Å². The third kappa shape index (κ3) is 4.11. The smallest absolute Gasteiger partial charge is 0.187 e. The van der Waals surface area contributed by atoms with Crippen LogP contribution in [0.4, 0.5) is 11.5 Å². The molecule has 0 unspecified atom stereocenters. The molecular weight excluding hydrogens is 444 g/mol. The number of para-hydroxylation sites is 1. The van der Waals surface area contributed by atoms with Crippen molar-refractivity contribution in [2.24, 2.45) is 0 Å². The van der Waals surface area contributed by atoms with Crippen LogP contribution in [0.25, 0.3) is 38.0 Å². The van der Waals surface area contributed by atoms with E-state index in [0.717, 1.165) is 57.8 Å². The first-order chi connectivity index (χ1) is 16.4. The van der Waals surface area contributed by atoms with Gasteiger partial charge in [0, 0.05) is 47.1 Å². The van der Waals surface area contributed by atoms with E-state index in [1.54, 1.807) is 0 Å². The van der Waals surface area contributed by atoms with Gasteiger partial charge in [-0.05, 0) is 38.5 Å². The van der Waals surface area contributed by atoms with Gasteiger partial charge in [0.05, 0.1) is 29.3 Å². The molecule has 34 heavy (non-hydrogen) atoms. The summed E-state index contributed by atoms with van der Waals surface area (Å²) in [4.78, 5) is 15.5. The quantitative estimate of drug-likeness (QED) is 0.301. The molecule has 0 spiro atoms. The summed E-state index contributed by atoms with van der Waals surface area (Å²) in [5, 5.41) is 1.56. The van der Waals surface area contributed by atoms with Gasteiger partial charge in [0.2, 0.25) is 0 Å². The van der Waals surface area contributed by atoms with E-state index in [1.165, 1.54) is 0 Å². The first kappa shape index (κ1) is 22.3. The largest absolute Gasteiger partial charge is 0.372 e. The molecule has 3 heterocycles. The van der Waals surface area contributed by atoms with E-state index in [2.05, 4.69) is 35.7 Å². The van der Waals surface area contributed by atoms with E-state index < -0.39 is 0 Å². The molecule has 0 N–H and O–H groups in total. The van der Waals surface area contributed by atoms with E-state index in [0.29, 0.717) is 10.7 Å². The second kappa shape index (κ2) is 9.06. The lowest BCUT2D eigenvalue weighted by molar-refractivity contribution is -0.00546. The van der Waals surface area contributed by atoms with Crippen molar-refractivity contribution in [3.8, 4) is 22.3 Å². The van der Waals surface area contributed by atoms with Crippen LogP contribution in [0.1, 0.15) is 19.5 Å². The van der Waals surface area contributed by atoms with Crippen LogP contribution in [0.2, 0.25) is 5.02 Å². The van der Waals surface area contributed by atoms with Gasteiger partial charge in [-0.2, -0.15) is 0 Å². The number of halogens is 1. The SMILES string of the molecule is [C-]#[N+]c1ccc(-c2cccc3c(Cl)c(-c4ccc(N5C[C@@H](C)O[C@@H](C)C5)nc4C)cnc23)cc1. The van der Waals surface area contributed by atoms with Crippen molar-refractivity contribution in [3.63, 3.8) is 0 Å². The van der Waals surface area contributed by atoms with Crippen LogP contribution in [-0.4, -0.2) is 35.3 Å². The van der Waals surface area contributed by atoms with E-state index in [4.69, 9.17) is 32.9 Å². The lowest BCUT2D eigenvalue weighted by Gasteiger charge is -2.36. The van der Waals surface area contributed by atoms with Gasteiger partial charge in [-0.3, -0.25) is 4.98 Å². The monoisotopic (exact) mass is 468 g/mol. The highest BCUT2D eigenvalue weighted by Crippen LogP contribution is 2.38. The third-order valence-corrected chi connectivity index (χ3v) is 6.65. The summed E-state index contributed by atoms with van der Waals surface area (Å²) < 4.78 is 5.86. The predicted molar refractivity (Wildman–Crippen MR) is 139 cm³/mol. The molecular formula is C28H25ClN4O. The number of anilines is 1. The van der Waals surface area contributed by atoms with Gasteiger partial charge < -0.3 is 9.64 Å². The Morgan fingerprint density at radius 3 is 2.38 bits per heavy atom. The molecule has 2 aromatic heterocycles. The summed E-state index contributed by atoms with van der Waals surface area (Å²) in [6.45, 7) is 15.0. The second-order valence-electron chi connectivity index (χ2n) is 8.81. The average Bonchev–Trinajstić information content (AvgIpc) is 2.84. The zero-order valence-corrected chi connectivity index (χ0v) is 20.2. The summed E-state index contributed by atoms with van der Waals surface area (Å²) >= 11 is 6.95. The topological polar surface area (TPSA) is 42.6 Å². The molecule has 5 nitrogen and oxygen atoms in total. The number of fused-ring (bicyclic) bond motifs is 1. The van der Waals surface area contributed by atoms with Crippen LogP contribution in [0.3, 0.4) is 0 Å². The number of pyridine rings is 2. The van der Waals surface area contributed by atoms with E-state index in [9.17, 15) is 0 Å². The summed E-state index contributed by atoms with van der Waals surface area (Å²) in [6, 6.07) is 17.7. The van der Waals surface area contributed by atoms with Gasteiger partial charge in [0.25, 0.3) is 0 Å². The van der Waals surface area contributed by atoms with Crippen molar-refractivity contribution in [2.45, 2.75) is 33.0 Å². The molecule has 2 aromatic carbocycles. The highest BCUT2D eigenvalue weighted by Gasteiger charge is 2.24. The molecule has 0 aliphatic carbocycles. The van der Waals surface area contributed by atoms with Crippen LogP contribution in [0.5, 0.6) is 0 Å². The lowest BCUT2D eigenvalue weighted by atomic mass is 9.99. The Hall–Kier alpha value is -3.46. The normalized spacial score (nSPS) is 18.1. The number of aromatic nitrogens is 2. The number of benzene rings is 2. The van der Waals surface area contributed by atoms with Gasteiger partial charge in [-0.15, -0.1) is 0 Å². The number of rotatable bonds is 3. The number of hydrogen-bond acceptors (Lipinski definition) is 4. The van der Waals surface area contributed by atoms with Crippen LogP contribution in [0.15, 0.2) is 60.8 Å². The molecule has 1 saturated heterocycles. The number of aryl methyl sites for hydroxylation is 1. The molecule has 4 aromatic rings. The zero-order chi connectivity index (χ0) is 23.8. The molecule has 170 valence electrons. The maximum absolute atomic E-state index is 7.17. The van der Waals surface area contributed by atoms with Gasteiger partial charge in [0.1, 0.15) is 5.82 Å². The Morgan fingerprint density at radius 2 is 1.71 bits per heavy atom. The van der Waals surface area contributed by atoms with Crippen molar-refractivity contribution in [1.82, 2.24) is 9.97 Å². The molecule has 6 heteroatoms. The highest BCUT2D eigenvalue weighted by molar-refractivity contribution is 6.38. The predicted octanol–water partition coefficient (Wildman–Crippen LogP) is 7.09. The minimum atomic E-state index is 0.177. The Kier molecular flexibility index (Phi) is 5.95. The Labute approximate surface area is 204 Å². The standard InChI is InChI=1S/C28H25ClN4O/c1-17-15-33(16-18(2)34-17)26-13-12-22(19(3)32-26)25-14-31-28-23(6-5-7-24(28)27(25)29)20-8-10-21(30-4)11-9-20/h5-14,17-18H,15-16H2,1-3H3/t17-,18+. The minimum Gasteiger partial charge on any atom is -0.372 e. The molecule has 1 aliphatic rings. The van der Waals surface area contributed by atoms with Gasteiger partial charge in [-0.25, -0.2) is 9.83 Å². The van der Waals surface area contributed by atoms with Crippen LogP contribution < -0.4 is 4.90 Å². The molecule has 2 atom stereocenters. The summed E-state index contributed by atoms with van der Waals surface area (Å²) in [5.41, 5.74) is 6.21. The molecule has 5 rings (SSSR count). The molecule has 0 amide bonds. The van der Waals surface area contributed by atoms with Crippen LogP contribution in [-0.2, 0) is 4.74 Å². The Balaban J connectivity index is 1.53. The maximum Gasteiger partial charge on any atom is 0.187 e. The summed E-state index contributed by atoms with van der Waals surface area (Å²) in [6.07, 6.45) is 2.19. The fourth-order valence-corrected chi connectivity index (χ4v) is 5.00. The summed E-state index contributed by atoms with van der Waals surface area (Å²) in [7, 11) is 0. The minimum absolute atomic E-state index is 0.177. The highest BCUT2D eigenvalue weighted by atomic mass is 35.5. The van der Waals surface area contributed by atoms with Crippen molar-refractivity contribution in [3.05, 3.63) is 82.9 Å². The lowest BCUT2D eigenvalue weighted by Crippen LogP contribution is -2.45. The van der Waals surface area contributed by atoms with E-state index >= 15 is 0 Å². The van der Waals surface area contributed by atoms with E-state index in [-0.39, 0.29) is 12.2 Å². The van der Waals surface area contributed by atoms with Crippen LogP contribution >= 0.6 is 11.6 Å².